The number of amides is 1. The third-order valence-corrected chi connectivity index (χ3v) is 6.85. The lowest BCUT2D eigenvalue weighted by molar-refractivity contribution is 0.0950. The van der Waals surface area contributed by atoms with Crippen molar-refractivity contribution >= 4 is 29.0 Å². The van der Waals surface area contributed by atoms with Crippen molar-refractivity contribution < 1.29 is 4.79 Å². The fourth-order valence-electron chi connectivity index (χ4n) is 3.13. The molecule has 2 heterocycles. The van der Waals surface area contributed by atoms with E-state index in [9.17, 15) is 4.79 Å². The molecule has 7 heteroatoms. The lowest BCUT2D eigenvalue weighted by atomic mass is 10.1. The normalized spacial score (nSPS) is 10.8. The van der Waals surface area contributed by atoms with E-state index in [1.165, 1.54) is 0 Å². The summed E-state index contributed by atoms with van der Waals surface area (Å²) < 4.78 is 2.91. The third-order valence-electron chi connectivity index (χ3n) is 4.66. The van der Waals surface area contributed by atoms with E-state index >= 15 is 0 Å². The fourth-order valence-corrected chi connectivity index (χ4v) is 4.98. The van der Waals surface area contributed by atoms with Gasteiger partial charge in [-0.3, -0.25) is 9.48 Å². The van der Waals surface area contributed by atoms with Gasteiger partial charge < -0.3 is 5.32 Å². The van der Waals surface area contributed by atoms with Crippen LogP contribution in [-0.4, -0.2) is 20.7 Å². The molecule has 0 fully saturated rings. The first-order chi connectivity index (χ1) is 14.7. The van der Waals surface area contributed by atoms with Crippen molar-refractivity contribution in [3.8, 4) is 0 Å². The second kappa shape index (κ2) is 9.73. The summed E-state index contributed by atoms with van der Waals surface area (Å²) in [7, 11) is 0. The minimum absolute atomic E-state index is 0.0598. The summed E-state index contributed by atoms with van der Waals surface area (Å²) >= 11 is 3.30. The van der Waals surface area contributed by atoms with Gasteiger partial charge in [-0.15, -0.1) is 11.3 Å². The zero-order chi connectivity index (χ0) is 20.8. The van der Waals surface area contributed by atoms with Crippen LogP contribution >= 0.6 is 23.1 Å². The first-order valence-corrected chi connectivity index (χ1v) is 11.5. The van der Waals surface area contributed by atoms with Crippen molar-refractivity contribution in [3.05, 3.63) is 100 Å². The SMILES string of the molecule is Cc1csc(SCc2ccccc2C(=O)NCc2ccccc2Cn2cccn2)n1. The zero-order valence-corrected chi connectivity index (χ0v) is 18.2. The maximum absolute atomic E-state index is 12.9. The molecule has 0 spiro atoms. The average Bonchev–Trinajstić information content (AvgIpc) is 3.43. The van der Waals surface area contributed by atoms with E-state index in [2.05, 4.69) is 21.5 Å². The molecular formula is C23H22N4OS2. The number of aryl methyl sites for hydroxylation is 1. The van der Waals surface area contributed by atoms with Crippen LogP contribution in [0.3, 0.4) is 0 Å². The molecule has 0 aliphatic heterocycles. The molecule has 2 aromatic carbocycles. The number of thiazole rings is 1. The van der Waals surface area contributed by atoms with Crippen LogP contribution in [0.2, 0.25) is 0 Å². The van der Waals surface area contributed by atoms with Gasteiger partial charge in [0.2, 0.25) is 0 Å². The molecule has 1 N–H and O–H groups in total. The number of thioether (sulfide) groups is 1. The lowest BCUT2D eigenvalue weighted by Crippen LogP contribution is -2.24. The van der Waals surface area contributed by atoms with Crippen molar-refractivity contribution in [2.45, 2.75) is 30.1 Å². The summed E-state index contributed by atoms with van der Waals surface area (Å²) in [4.78, 5) is 17.4. The molecule has 0 saturated carbocycles. The number of hydrogen-bond donors (Lipinski definition) is 1. The van der Waals surface area contributed by atoms with Gasteiger partial charge in [0.05, 0.1) is 6.54 Å². The number of nitrogens with zero attached hydrogens (tertiary/aromatic N) is 3. The quantitative estimate of drug-likeness (QED) is 0.400. The molecule has 1 amide bonds. The molecule has 5 nitrogen and oxygen atoms in total. The Morgan fingerprint density at radius 1 is 1.07 bits per heavy atom. The number of benzene rings is 2. The van der Waals surface area contributed by atoms with Crippen LogP contribution in [0, 0.1) is 6.92 Å². The van der Waals surface area contributed by atoms with Gasteiger partial charge in [0, 0.05) is 41.3 Å². The van der Waals surface area contributed by atoms with Gasteiger partial charge in [0.25, 0.3) is 5.91 Å². The minimum Gasteiger partial charge on any atom is -0.348 e. The molecule has 30 heavy (non-hydrogen) atoms. The van der Waals surface area contributed by atoms with Gasteiger partial charge in [-0.1, -0.05) is 54.2 Å². The first kappa shape index (κ1) is 20.4. The molecule has 0 aliphatic carbocycles. The highest BCUT2D eigenvalue weighted by Crippen LogP contribution is 2.27. The van der Waals surface area contributed by atoms with Crippen LogP contribution in [0.15, 0.2) is 76.7 Å². The van der Waals surface area contributed by atoms with Crippen molar-refractivity contribution in [1.82, 2.24) is 20.1 Å². The van der Waals surface area contributed by atoms with E-state index in [0.717, 1.165) is 26.7 Å². The molecule has 2 aromatic heterocycles. The summed E-state index contributed by atoms with van der Waals surface area (Å²) in [6.07, 6.45) is 3.71. The van der Waals surface area contributed by atoms with Crippen LogP contribution in [0.5, 0.6) is 0 Å². The average molecular weight is 435 g/mol. The predicted molar refractivity (Wildman–Crippen MR) is 122 cm³/mol. The molecule has 0 radical (unpaired) electrons. The van der Waals surface area contributed by atoms with E-state index in [1.54, 1.807) is 29.3 Å². The summed E-state index contributed by atoms with van der Waals surface area (Å²) in [6, 6.07) is 17.8. The summed E-state index contributed by atoms with van der Waals surface area (Å²) in [6.45, 7) is 3.15. The van der Waals surface area contributed by atoms with Crippen molar-refractivity contribution in [3.63, 3.8) is 0 Å². The van der Waals surface area contributed by atoms with E-state index < -0.39 is 0 Å². The Morgan fingerprint density at radius 3 is 2.57 bits per heavy atom. The maximum Gasteiger partial charge on any atom is 0.251 e. The number of aromatic nitrogens is 3. The van der Waals surface area contributed by atoms with E-state index in [-0.39, 0.29) is 5.91 Å². The molecule has 0 atom stereocenters. The summed E-state index contributed by atoms with van der Waals surface area (Å²) in [5.74, 6) is 0.655. The maximum atomic E-state index is 12.9. The standard InChI is InChI=1S/C23H22N4OS2/c1-17-15-29-23(26-17)30-16-20-9-4-5-10-21(20)22(28)24-13-18-7-2-3-8-19(18)14-27-12-6-11-25-27/h2-12,15H,13-14,16H2,1H3,(H,24,28). The smallest absolute Gasteiger partial charge is 0.251 e. The Balaban J connectivity index is 1.42. The van der Waals surface area contributed by atoms with Crippen molar-refractivity contribution in [2.75, 3.05) is 0 Å². The molecule has 0 unspecified atom stereocenters. The molecule has 0 aliphatic rings. The number of nitrogens with one attached hydrogen (secondary N) is 1. The highest BCUT2D eigenvalue weighted by atomic mass is 32.2. The molecule has 0 bridgehead atoms. The van der Waals surface area contributed by atoms with Gasteiger partial charge in [-0.05, 0) is 35.7 Å². The first-order valence-electron chi connectivity index (χ1n) is 9.64. The van der Waals surface area contributed by atoms with Gasteiger partial charge in [-0.25, -0.2) is 4.98 Å². The molecular weight excluding hydrogens is 412 g/mol. The number of rotatable bonds is 8. The molecule has 4 rings (SSSR count). The second-order valence-corrected chi connectivity index (χ2v) is 8.94. The van der Waals surface area contributed by atoms with Gasteiger partial charge in [-0.2, -0.15) is 5.10 Å². The highest BCUT2D eigenvalue weighted by molar-refractivity contribution is 8.00. The zero-order valence-electron chi connectivity index (χ0n) is 16.6. The van der Waals surface area contributed by atoms with Gasteiger partial charge >= 0.3 is 0 Å². The second-order valence-electron chi connectivity index (χ2n) is 6.86. The van der Waals surface area contributed by atoms with Crippen LogP contribution < -0.4 is 5.32 Å². The summed E-state index contributed by atoms with van der Waals surface area (Å²) in [5, 5.41) is 9.41. The topological polar surface area (TPSA) is 59.8 Å². The number of hydrogen-bond acceptors (Lipinski definition) is 5. The Hall–Kier alpha value is -2.90. The number of carbonyl (C=O) groups excluding carboxylic acids is 1. The minimum atomic E-state index is -0.0598. The third kappa shape index (κ3) is 5.17. The van der Waals surface area contributed by atoms with E-state index in [0.29, 0.717) is 24.4 Å². The van der Waals surface area contributed by atoms with E-state index in [1.807, 2.05) is 71.7 Å². The van der Waals surface area contributed by atoms with Gasteiger partial charge in [0.1, 0.15) is 4.34 Å². The fraction of sp³-hybridized carbons (Fsp3) is 0.174. The van der Waals surface area contributed by atoms with Crippen LogP contribution in [0.4, 0.5) is 0 Å². The Bertz CT molecular complexity index is 1120. The number of carbonyl (C=O) groups is 1. The predicted octanol–water partition coefficient (Wildman–Crippen LogP) is 4.92. The molecule has 152 valence electrons. The van der Waals surface area contributed by atoms with Crippen LogP contribution in [0.25, 0.3) is 0 Å². The van der Waals surface area contributed by atoms with Crippen molar-refractivity contribution in [2.24, 2.45) is 0 Å². The van der Waals surface area contributed by atoms with Gasteiger partial charge in [0.15, 0.2) is 0 Å². The molecule has 4 aromatic rings. The summed E-state index contributed by atoms with van der Waals surface area (Å²) in [5.41, 5.74) is 4.98. The molecule has 0 saturated heterocycles. The van der Waals surface area contributed by atoms with Crippen molar-refractivity contribution in [1.29, 1.82) is 0 Å². The Morgan fingerprint density at radius 2 is 1.83 bits per heavy atom. The largest absolute Gasteiger partial charge is 0.348 e. The highest BCUT2D eigenvalue weighted by Gasteiger charge is 2.13. The lowest BCUT2D eigenvalue weighted by Gasteiger charge is -2.13. The Labute approximate surface area is 184 Å². The monoisotopic (exact) mass is 434 g/mol. The Kier molecular flexibility index (Phi) is 6.61. The van der Waals surface area contributed by atoms with Crippen LogP contribution in [0.1, 0.15) is 32.7 Å². The van der Waals surface area contributed by atoms with Crippen LogP contribution in [-0.2, 0) is 18.8 Å². The van der Waals surface area contributed by atoms with E-state index in [4.69, 9.17) is 0 Å².